The topological polar surface area (TPSA) is 16.1 Å². The Morgan fingerprint density at radius 2 is 1.88 bits per heavy atom. The number of hydrogen-bond donors (Lipinski definition) is 0. The lowest BCUT2D eigenvalue weighted by Crippen LogP contribution is -2.18. The van der Waals surface area contributed by atoms with Crippen molar-refractivity contribution in [3.8, 4) is 0 Å². The fourth-order valence-corrected chi connectivity index (χ4v) is 1.58. The number of hydrogen-bond acceptors (Lipinski definition) is 2. The minimum atomic E-state index is -4.39. The molecule has 2 nitrogen and oxygen atoms in total. The van der Waals surface area contributed by atoms with Crippen molar-refractivity contribution in [2.45, 2.75) is 32.4 Å². The molecule has 5 heteroatoms. The van der Waals surface area contributed by atoms with Crippen LogP contribution >= 0.6 is 0 Å². The van der Waals surface area contributed by atoms with Crippen molar-refractivity contribution in [2.75, 3.05) is 19.0 Å². The van der Waals surface area contributed by atoms with Crippen molar-refractivity contribution in [1.29, 1.82) is 0 Å². The van der Waals surface area contributed by atoms with E-state index >= 15 is 0 Å². The van der Waals surface area contributed by atoms with Gasteiger partial charge in [0.1, 0.15) is 11.5 Å². The second-order valence-electron chi connectivity index (χ2n) is 4.31. The van der Waals surface area contributed by atoms with E-state index < -0.39 is 11.9 Å². The first-order valence-corrected chi connectivity index (χ1v) is 5.52. The number of rotatable bonds is 3. The van der Waals surface area contributed by atoms with Gasteiger partial charge in [0.25, 0.3) is 0 Å². The van der Waals surface area contributed by atoms with E-state index in [2.05, 4.69) is 4.98 Å². The van der Waals surface area contributed by atoms with Crippen molar-refractivity contribution >= 4 is 5.82 Å². The zero-order valence-corrected chi connectivity index (χ0v) is 10.5. The highest BCUT2D eigenvalue weighted by atomic mass is 19.4. The average Bonchev–Trinajstić information content (AvgIpc) is 2.25. The average molecular weight is 246 g/mol. The fourth-order valence-electron chi connectivity index (χ4n) is 1.58. The highest BCUT2D eigenvalue weighted by Gasteiger charge is 2.33. The molecule has 1 heterocycles. The molecular formula is C12H17F3N2. The van der Waals surface area contributed by atoms with Gasteiger partial charge in [-0.3, -0.25) is 0 Å². The molecule has 0 aromatic carbocycles. The standard InChI is InChI=1S/C12H17F3N2/c1-5-8(2)9-6-7-10(12(13,14)15)16-11(9)17(3)4/h6-8H,5H2,1-4H3. The number of nitrogens with zero attached hydrogens (tertiary/aromatic N) is 2. The largest absolute Gasteiger partial charge is 0.433 e. The van der Waals surface area contributed by atoms with Crippen LogP contribution in [0.25, 0.3) is 0 Å². The van der Waals surface area contributed by atoms with E-state index in [9.17, 15) is 13.2 Å². The minimum Gasteiger partial charge on any atom is -0.362 e. The first-order chi connectivity index (χ1) is 7.77. The molecule has 0 amide bonds. The van der Waals surface area contributed by atoms with Gasteiger partial charge in [-0.2, -0.15) is 13.2 Å². The van der Waals surface area contributed by atoms with E-state index in [-0.39, 0.29) is 5.92 Å². The summed E-state index contributed by atoms with van der Waals surface area (Å²) in [5.74, 6) is 0.594. The summed E-state index contributed by atoms with van der Waals surface area (Å²) in [5, 5.41) is 0. The smallest absolute Gasteiger partial charge is 0.362 e. The van der Waals surface area contributed by atoms with Crippen LogP contribution in [0.5, 0.6) is 0 Å². The maximum Gasteiger partial charge on any atom is 0.433 e. The summed E-state index contributed by atoms with van der Waals surface area (Å²) in [6.07, 6.45) is -3.52. The van der Waals surface area contributed by atoms with Crippen LogP contribution in [0.1, 0.15) is 37.4 Å². The molecule has 0 aliphatic carbocycles. The van der Waals surface area contributed by atoms with Gasteiger partial charge in [0, 0.05) is 14.1 Å². The number of aromatic nitrogens is 1. The van der Waals surface area contributed by atoms with Gasteiger partial charge in [-0.05, 0) is 24.0 Å². The molecule has 0 N–H and O–H groups in total. The van der Waals surface area contributed by atoms with E-state index in [0.29, 0.717) is 5.82 Å². The first kappa shape index (κ1) is 13.8. The summed E-state index contributed by atoms with van der Waals surface area (Å²) in [7, 11) is 3.41. The maximum absolute atomic E-state index is 12.6. The van der Waals surface area contributed by atoms with Crippen LogP contribution in [-0.2, 0) is 6.18 Å². The summed E-state index contributed by atoms with van der Waals surface area (Å²) in [4.78, 5) is 5.34. The van der Waals surface area contributed by atoms with Crippen molar-refractivity contribution in [3.63, 3.8) is 0 Å². The Balaban J connectivity index is 3.27. The third kappa shape index (κ3) is 3.11. The molecule has 0 saturated heterocycles. The maximum atomic E-state index is 12.6. The van der Waals surface area contributed by atoms with Crippen LogP contribution in [0.4, 0.5) is 19.0 Å². The lowest BCUT2D eigenvalue weighted by atomic mass is 9.98. The van der Waals surface area contributed by atoms with Crippen molar-refractivity contribution in [3.05, 3.63) is 23.4 Å². The van der Waals surface area contributed by atoms with Crippen LogP contribution in [0.3, 0.4) is 0 Å². The lowest BCUT2D eigenvalue weighted by molar-refractivity contribution is -0.141. The Bertz CT molecular complexity index is 386. The molecule has 1 unspecified atom stereocenters. The number of halogens is 3. The highest BCUT2D eigenvalue weighted by Crippen LogP contribution is 2.33. The van der Waals surface area contributed by atoms with E-state index in [4.69, 9.17) is 0 Å². The summed E-state index contributed by atoms with van der Waals surface area (Å²) in [6.45, 7) is 3.99. The molecule has 0 radical (unpaired) electrons. The van der Waals surface area contributed by atoms with Crippen LogP contribution < -0.4 is 4.90 Å². The highest BCUT2D eigenvalue weighted by molar-refractivity contribution is 5.48. The number of alkyl halides is 3. The number of pyridine rings is 1. The van der Waals surface area contributed by atoms with Gasteiger partial charge in [0.05, 0.1) is 0 Å². The Labute approximate surface area is 99.5 Å². The Morgan fingerprint density at radius 1 is 1.29 bits per heavy atom. The molecule has 1 aromatic rings. The van der Waals surface area contributed by atoms with E-state index in [1.165, 1.54) is 6.07 Å². The minimum absolute atomic E-state index is 0.196. The summed E-state index contributed by atoms with van der Waals surface area (Å²) in [5.41, 5.74) is 0.0127. The molecule has 0 aliphatic heterocycles. The molecule has 0 saturated carbocycles. The van der Waals surface area contributed by atoms with Crippen molar-refractivity contribution < 1.29 is 13.2 Å². The molecule has 0 aliphatic rings. The number of anilines is 1. The van der Waals surface area contributed by atoms with Crippen LogP contribution in [0.2, 0.25) is 0 Å². The van der Waals surface area contributed by atoms with Gasteiger partial charge in [-0.15, -0.1) is 0 Å². The van der Waals surface area contributed by atoms with Gasteiger partial charge in [-0.25, -0.2) is 4.98 Å². The molecule has 1 rings (SSSR count). The molecule has 1 aromatic heterocycles. The normalized spacial score (nSPS) is 13.6. The Kier molecular flexibility index (Phi) is 4.01. The second-order valence-corrected chi connectivity index (χ2v) is 4.31. The van der Waals surface area contributed by atoms with Crippen LogP contribution in [0.15, 0.2) is 12.1 Å². The molecule has 1 atom stereocenters. The molecule has 17 heavy (non-hydrogen) atoms. The third-order valence-electron chi connectivity index (χ3n) is 2.76. The monoisotopic (exact) mass is 246 g/mol. The molecule has 96 valence electrons. The summed E-state index contributed by atoms with van der Waals surface area (Å²) in [6, 6.07) is 2.58. The van der Waals surface area contributed by atoms with Gasteiger partial charge in [0.2, 0.25) is 0 Å². The predicted molar refractivity (Wildman–Crippen MR) is 62.3 cm³/mol. The second kappa shape index (κ2) is 4.94. The van der Waals surface area contributed by atoms with E-state index in [0.717, 1.165) is 18.1 Å². The van der Waals surface area contributed by atoms with Gasteiger partial charge >= 0.3 is 6.18 Å². The summed E-state index contributed by atoms with van der Waals surface area (Å²) < 4.78 is 37.7. The zero-order chi connectivity index (χ0) is 13.2. The Hall–Kier alpha value is -1.26. The summed E-state index contributed by atoms with van der Waals surface area (Å²) >= 11 is 0. The van der Waals surface area contributed by atoms with E-state index in [1.807, 2.05) is 13.8 Å². The first-order valence-electron chi connectivity index (χ1n) is 5.52. The van der Waals surface area contributed by atoms with Crippen LogP contribution in [0, 0.1) is 0 Å². The van der Waals surface area contributed by atoms with Gasteiger partial charge in [-0.1, -0.05) is 19.9 Å². The SMILES string of the molecule is CCC(C)c1ccc(C(F)(F)F)nc1N(C)C. The van der Waals surface area contributed by atoms with Crippen LogP contribution in [-0.4, -0.2) is 19.1 Å². The van der Waals surface area contributed by atoms with Crippen molar-refractivity contribution in [2.24, 2.45) is 0 Å². The van der Waals surface area contributed by atoms with Gasteiger partial charge < -0.3 is 4.90 Å². The quantitative estimate of drug-likeness (QED) is 0.808. The fraction of sp³-hybridized carbons (Fsp3) is 0.583. The van der Waals surface area contributed by atoms with Crippen molar-refractivity contribution in [1.82, 2.24) is 4.98 Å². The molecule has 0 fully saturated rings. The Morgan fingerprint density at radius 3 is 2.29 bits per heavy atom. The third-order valence-corrected chi connectivity index (χ3v) is 2.76. The van der Waals surface area contributed by atoms with Gasteiger partial charge in [0.15, 0.2) is 0 Å². The molecule has 0 bridgehead atoms. The molecule has 0 spiro atoms. The predicted octanol–water partition coefficient (Wildman–Crippen LogP) is 3.68. The lowest BCUT2D eigenvalue weighted by Gasteiger charge is -2.21. The zero-order valence-electron chi connectivity index (χ0n) is 10.5. The van der Waals surface area contributed by atoms with E-state index in [1.54, 1.807) is 19.0 Å². The molecular weight excluding hydrogens is 229 g/mol.